The van der Waals surface area contributed by atoms with Crippen molar-refractivity contribution in [3.63, 3.8) is 0 Å². The van der Waals surface area contributed by atoms with Gasteiger partial charge < -0.3 is 14.2 Å². The Morgan fingerprint density at radius 3 is 2.26 bits per heavy atom. The minimum Gasteiger partial charge on any atom is -0.435 e. The number of hydrogen-bond acceptors (Lipinski definition) is 2. The Morgan fingerprint density at radius 2 is 1.52 bits per heavy atom. The maximum absolute atomic E-state index is 5.96. The zero-order valence-electron chi connectivity index (χ0n) is 15.6. The number of quaternary nitrogens is 2. The van der Waals surface area contributed by atoms with Crippen molar-refractivity contribution in [2.75, 3.05) is 32.7 Å². The van der Waals surface area contributed by atoms with Gasteiger partial charge in [-0.1, -0.05) is 66.7 Å². The molecule has 0 radical (unpaired) electrons. The third-order valence-corrected chi connectivity index (χ3v) is 5.19. The molecular formula is C23H27N3O+2. The van der Waals surface area contributed by atoms with Crippen molar-refractivity contribution in [2.45, 2.75) is 6.54 Å². The smallest absolute Gasteiger partial charge is 0.250 e. The lowest BCUT2D eigenvalue weighted by molar-refractivity contribution is -1.02. The largest absolute Gasteiger partial charge is 0.435 e. The van der Waals surface area contributed by atoms with Gasteiger partial charge in [-0.15, -0.1) is 0 Å². The van der Waals surface area contributed by atoms with Crippen LogP contribution in [0, 0.1) is 0 Å². The van der Waals surface area contributed by atoms with E-state index < -0.39 is 0 Å². The summed E-state index contributed by atoms with van der Waals surface area (Å²) in [6.45, 7) is 6.69. The van der Waals surface area contributed by atoms with Crippen LogP contribution < -0.4 is 9.80 Å². The number of rotatable bonds is 6. The molecule has 1 aromatic heterocycles. The quantitative estimate of drug-likeness (QED) is 0.695. The second-order valence-corrected chi connectivity index (χ2v) is 7.18. The average molecular weight is 361 g/mol. The zero-order valence-corrected chi connectivity index (χ0v) is 15.6. The normalized spacial score (nSPS) is 20.1. The van der Waals surface area contributed by atoms with E-state index in [1.165, 1.54) is 18.7 Å². The first-order valence-corrected chi connectivity index (χ1v) is 9.76. The zero-order chi connectivity index (χ0) is 18.3. The highest BCUT2D eigenvalue weighted by Gasteiger charge is 2.23. The van der Waals surface area contributed by atoms with E-state index in [2.05, 4.69) is 59.6 Å². The van der Waals surface area contributed by atoms with Gasteiger partial charge in [-0.3, -0.25) is 0 Å². The summed E-state index contributed by atoms with van der Waals surface area (Å²) in [5.41, 5.74) is 2.37. The number of hydrogen-bond donors (Lipinski definition) is 2. The molecule has 0 saturated carbocycles. The SMILES string of the molecule is C(=C\c1ccccc1)/C[NH+]1CC[NH+](Cc2ncc(-c3ccccc3)o2)CC1. The van der Waals surface area contributed by atoms with E-state index in [1.807, 2.05) is 24.4 Å². The van der Waals surface area contributed by atoms with Gasteiger partial charge in [0.05, 0.1) is 12.7 Å². The molecule has 1 fully saturated rings. The van der Waals surface area contributed by atoms with Gasteiger partial charge in [-0.2, -0.15) is 0 Å². The number of nitrogens with zero attached hydrogens (tertiary/aromatic N) is 1. The van der Waals surface area contributed by atoms with E-state index in [9.17, 15) is 0 Å². The van der Waals surface area contributed by atoms with E-state index in [4.69, 9.17) is 4.42 Å². The molecule has 3 aromatic rings. The maximum atomic E-state index is 5.96. The molecular weight excluding hydrogens is 334 g/mol. The standard InChI is InChI=1S/C23H25N3O/c1-3-8-20(9-4-1)10-7-13-25-14-16-26(17-15-25)19-23-24-18-22(27-23)21-11-5-2-6-12-21/h1-12,18H,13-17,19H2/p+2/b10-7+. The monoisotopic (exact) mass is 361 g/mol. The predicted molar refractivity (Wildman–Crippen MR) is 107 cm³/mol. The van der Waals surface area contributed by atoms with Gasteiger partial charge in [-0.05, 0) is 11.6 Å². The van der Waals surface area contributed by atoms with Gasteiger partial charge in [0.25, 0.3) is 5.89 Å². The minimum absolute atomic E-state index is 0.844. The summed E-state index contributed by atoms with van der Waals surface area (Å²) in [6.07, 6.45) is 6.37. The Hall–Kier alpha value is -2.69. The summed E-state index contributed by atoms with van der Waals surface area (Å²) in [7, 11) is 0. The Kier molecular flexibility index (Phi) is 5.77. The summed E-state index contributed by atoms with van der Waals surface area (Å²) >= 11 is 0. The molecule has 1 aliphatic heterocycles. The fourth-order valence-electron chi connectivity index (χ4n) is 3.61. The summed E-state index contributed by atoms with van der Waals surface area (Å²) in [6, 6.07) is 20.7. The van der Waals surface area contributed by atoms with Gasteiger partial charge in [0.15, 0.2) is 12.3 Å². The molecule has 0 aliphatic carbocycles. The number of aromatic nitrogens is 1. The number of oxazole rings is 1. The van der Waals surface area contributed by atoms with Crippen LogP contribution in [0.15, 0.2) is 77.4 Å². The third kappa shape index (κ3) is 4.94. The molecule has 2 aromatic carbocycles. The topological polar surface area (TPSA) is 34.9 Å². The lowest BCUT2D eigenvalue weighted by Crippen LogP contribution is -3.27. The molecule has 0 atom stereocenters. The molecule has 138 valence electrons. The second-order valence-electron chi connectivity index (χ2n) is 7.18. The van der Waals surface area contributed by atoms with Crippen LogP contribution in [-0.4, -0.2) is 37.7 Å². The minimum atomic E-state index is 0.844. The molecule has 1 aliphatic rings. The summed E-state index contributed by atoms with van der Waals surface area (Å²) in [4.78, 5) is 7.70. The molecule has 2 heterocycles. The molecule has 4 nitrogen and oxygen atoms in total. The Morgan fingerprint density at radius 1 is 0.852 bits per heavy atom. The van der Waals surface area contributed by atoms with Crippen molar-refractivity contribution in [1.82, 2.24) is 4.98 Å². The van der Waals surface area contributed by atoms with Crippen LogP contribution in [0.1, 0.15) is 11.5 Å². The molecule has 0 amide bonds. The maximum Gasteiger partial charge on any atom is 0.250 e. The Labute approximate surface area is 160 Å². The average Bonchev–Trinajstić information content (AvgIpc) is 3.19. The van der Waals surface area contributed by atoms with Crippen LogP contribution in [0.3, 0.4) is 0 Å². The molecule has 0 unspecified atom stereocenters. The lowest BCUT2D eigenvalue weighted by atomic mass is 10.2. The molecule has 0 spiro atoms. The highest BCUT2D eigenvalue weighted by atomic mass is 16.4. The van der Waals surface area contributed by atoms with Crippen LogP contribution in [0.2, 0.25) is 0 Å². The third-order valence-electron chi connectivity index (χ3n) is 5.19. The predicted octanol–water partition coefficient (Wildman–Crippen LogP) is 1.34. The summed E-state index contributed by atoms with van der Waals surface area (Å²) in [5.74, 6) is 1.71. The van der Waals surface area contributed by atoms with Gasteiger partial charge in [0.2, 0.25) is 0 Å². The van der Waals surface area contributed by atoms with Crippen molar-refractivity contribution in [2.24, 2.45) is 0 Å². The van der Waals surface area contributed by atoms with Crippen LogP contribution >= 0.6 is 0 Å². The summed E-state index contributed by atoms with van der Waals surface area (Å²) in [5, 5.41) is 0. The van der Waals surface area contributed by atoms with E-state index in [0.717, 1.165) is 43.4 Å². The van der Waals surface area contributed by atoms with Crippen LogP contribution in [0.4, 0.5) is 0 Å². The molecule has 4 heteroatoms. The van der Waals surface area contributed by atoms with E-state index in [-0.39, 0.29) is 0 Å². The van der Waals surface area contributed by atoms with Crippen LogP contribution in [0.5, 0.6) is 0 Å². The van der Waals surface area contributed by atoms with Crippen molar-refractivity contribution in [3.05, 3.63) is 84.4 Å². The molecule has 0 bridgehead atoms. The molecule has 27 heavy (non-hydrogen) atoms. The number of piperazine rings is 1. The van der Waals surface area contributed by atoms with Crippen molar-refractivity contribution < 1.29 is 14.2 Å². The van der Waals surface area contributed by atoms with Gasteiger partial charge in [-0.25, -0.2) is 4.98 Å². The number of benzene rings is 2. The first-order chi connectivity index (χ1) is 13.4. The van der Waals surface area contributed by atoms with Gasteiger partial charge in [0.1, 0.15) is 26.2 Å². The fraction of sp³-hybridized carbons (Fsp3) is 0.261. The van der Waals surface area contributed by atoms with Crippen LogP contribution in [-0.2, 0) is 6.54 Å². The second kappa shape index (κ2) is 8.80. The molecule has 2 N–H and O–H groups in total. The van der Waals surface area contributed by atoms with Gasteiger partial charge >= 0.3 is 0 Å². The molecule has 1 saturated heterocycles. The van der Waals surface area contributed by atoms with E-state index >= 15 is 0 Å². The van der Waals surface area contributed by atoms with E-state index in [1.54, 1.807) is 9.80 Å². The first-order valence-electron chi connectivity index (χ1n) is 9.76. The summed E-state index contributed by atoms with van der Waals surface area (Å²) < 4.78 is 5.96. The van der Waals surface area contributed by atoms with Crippen LogP contribution in [0.25, 0.3) is 17.4 Å². The van der Waals surface area contributed by atoms with Gasteiger partial charge in [0, 0.05) is 5.56 Å². The lowest BCUT2D eigenvalue weighted by Gasteiger charge is -2.28. The Bertz CT molecular complexity index is 850. The fourth-order valence-corrected chi connectivity index (χ4v) is 3.61. The van der Waals surface area contributed by atoms with Crippen molar-refractivity contribution in [3.8, 4) is 11.3 Å². The highest BCUT2D eigenvalue weighted by Crippen LogP contribution is 2.19. The first kappa shape index (κ1) is 17.7. The van der Waals surface area contributed by atoms with Crippen molar-refractivity contribution >= 4 is 6.08 Å². The number of nitrogens with one attached hydrogen (secondary N) is 2. The van der Waals surface area contributed by atoms with Crippen molar-refractivity contribution in [1.29, 1.82) is 0 Å². The van der Waals surface area contributed by atoms with E-state index in [0.29, 0.717) is 0 Å². The Balaban J connectivity index is 1.24. The highest BCUT2D eigenvalue weighted by molar-refractivity contribution is 5.55. The molecule has 4 rings (SSSR count).